The number of carbonyl (C=O) groups is 2. The third-order valence-corrected chi connectivity index (χ3v) is 3.56. The van der Waals surface area contributed by atoms with Crippen molar-refractivity contribution in [3.05, 3.63) is 84.2 Å². The highest BCUT2D eigenvalue weighted by Crippen LogP contribution is 2.21. The van der Waals surface area contributed by atoms with Crippen molar-refractivity contribution in [3.8, 4) is 11.1 Å². The molecule has 0 aliphatic heterocycles. The maximum Gasteiger partial charge on any atom is 0.187 e. The zero-order valence-corrected chi connectivity index (χ0v) is 14.5. The quantitative estimate of drug-likeness (QED) is 0.452. The van der Waals surface area contributed by atoms with Gasteiger partial charge in [-0.2, -0.15) is 0 Å². The van der Waals surface area contributed by atoms with Crippen molar-refractivity contribution in [3.63, 3.8) is 0 Å². The molecule has 26 heavy (non-hydrogen) atoms. The van der Waals surface area contributed by atoms with Gasteiger partial charge in [0.25, 0.3) is 0 Å². The van der Waals surface area contributed by atoms with Crippen LogP contribution in [0.2, 0.25) is 0 Å². The van der Waals surface area contributed by atoms with E-state index in [9.17, 15) is 9.59 Å². The lowest BCUT2D eigenvalue weighted by Crippen LogP contribution is -2.04. The molecule has 2 rings (SSSR count). The van der Waals surface area contributed by atoms with Crippen LogP contribution in [0.15, 0.2) is 73.1 Å². The van der Waals surface area contributed by atoms with Crippen molar-refractivity contribution < 1.29 is 20.0 Å². The van der Waals surface area contributed by atoms with Crippen LogP contribution in [0.5, 0.6) is 0 Å². The molecule has 0 saturated heterocycles. The molecule has 2 aromatic rings. The van der Waals surface area contributed by atoms with E-state index >= 15 is 0 Å². The molecule has 6 nitrogen and oxygen atoms in total. The number of benzene rings is 2. The van der Waals surface area contributed by atoms with Gasteiger partial charge in [-0.3, -0.25) is 30.1 Å². The van der Waals surface area contributed by atoms with E-state index < -0.39 is 0 Å². The minimum Gasteiger partial charge on any atom is -0.289 e. The number of nitrogens with zero attached hydrogens (tertiary/aromatic N) is 2. The summed E-state index contributed by atoms with van der Waals surface area (Å²) in [5.41, 5.74) is 2.85. The Bertz CT molecular complexity index is 748. The van der Waals surface area contributed by atoms with E-state index in [2.05, 4.69) is 0 Å². The van der Waals surface area contributed by atoms with E-state index in [-0.39, 0.29) is 11.6 Å². The van der Waals surface area contributed by atoms with Gasteiger partial charge in [0.05, 0.1) is 0 Å². The first-order chi connectivity index (χ1) is 12.4. The molecule has 0 unspecified atom stereocenters. The Morgan fingerprint density at radius 2 is 1.00 bits per heavy atom. The Balaban J connectivity index is 2.12. The second-order valence-corrected chi connectivity index (χ2v) is 5.66. The number of rotatable bonds is 7. The lowest BCUT2D eigenvalue weighted by molar-refractivity contribution is -0.0132. The van der Waals surface area contributed by atoms with Crippen molar-refractivity contribution >= 4 is 11.6 Å². The molecular formula is C20H20N2O4. The van der Waals surface area contributed by atoms with Crippen LogP contribution in [0.4, 0.5) is 0 Å². The molecule has 0 aliphatic rings. The summed E-state index contributed by atoms with van der Waals surface area (Å²) in [4.78, 5) is 23.9. The van der Waals surface area contributed by atoms with Crippen molar-refractivity contribution in [1.82, 2.24) is 10.1 Å². The minimum atomic E-state index is -0.209. The molecule has 0 heterocycles. The summed E-state index contributed by atoms with van der Waals surface area (Å²) < 4.78 is 0. The highest BCUT2D eigenvalue weighted by Gasteiger charge is 2.05. The highest BCUT2D eigenvalue weighted by atomic mass is 16.5. The van der Waals surface area contributed by atoms with Crippen molar-refractivity contribution in [2.45, 2.75) is 0 Å². The first-order valence-electron chi connectivity index (χ1n) is 7.86. The number of hydroxylamine groups is 4. The van der Waals surface area contributed by atoms with Gasteiger partial charge in [-0.15, -0.1) is 0 Å². The molecule has 0 radical (unpaired) electrons. The van der Waals surface area contributed by atoms with Crippen LogP contribution in [0.25, 0.3) is 11.1 Å². The molecule has 2 aromatic carbocycles. The molecule has 2 N–H and O–H groups in total. The molecular weight excluding hydrogens is 332 g/mol. The molecule has 0 aromatic heterocycles. The van der Waals surface area contributed by atoms with Crippen LogP contribution in [0.1, 0.15) is 20.7 Å². The summed E-state index contributed by atoms with van der Waals surface area (Å²) in [6.45, 7) is 0. The van der Waals surface area contributed by atoms with Crippen LogP contribution in [0, 0.1) is 0 Å². The fourth-order valence-corrected chi connectivity index (χ4v) is 2.20. The van der Waals surface area contributed by atoms with Crippen LogP contribution in [-0.4, -0.2) is 46.2 Å². The number of allylic oxidation sites excluding steroid dienone is 2. The van der Waals surface area contributed by atoms with E-state index in [0.29, 0.717) is 11.1 Å². The molecule has 0 atom stereocenters. The van der Waals surface area contributed by atoms with Crippen LogP contribution < -0.4 is 0 Å². The summed E-state index contributed by atoms with van der Waals surface area (Å²) in [5.74, 6) is -0.418. The van der Waals surface area contributed by atoms with Gasteiger partial charge in [0.2, 0.25) is 0 Å². The van der Waals surface area contributed by atoms with Gasteiger partial charge in [0, 0.05) is 49.8 Å². The maximum absolute atomic E-state index is 11.9. The molecule has 0 fully saturated rings. The smallest absolute Gasteiger partial charge is 0.187 e. The topological polar surface area (TPSA) is 81.1 Å². The first-order valence-corrected chi connectivity index (χ1v) is 7.86. The predicted molar refractivity (Wildman–Crippen MR) is 97.9 cm³/mol. The van der Waals surface area contributed by atoms with Gasteiger partial charge in [-0.1, -0.05) is 48.5 Å². The molecule has 0 spiro atoms. The maximum atomic E-state index is 11.9. The second kappa shape index (κ2) is 8.75. The zero-order valence-electron chi connectivity index (χ0n) is 14.5. The summed E-state index contributed by atoms with van der Waals surface area (Å²) in [6.07, 6.45) is 5.11. The third kappa shape index (κ3) is 5.41. The molecule has 0 bridgehead atoms. The van der Waals surface area contributed by atoms with Gasteiger partial charge in [-0.25, -0.2) is 0 Å². The highest BCUT2D eigenvalue weighted by molar-refractivity contribution is 6.05. The van der Waals surface area contributed by atoms with Gasteiger partial charge in [0.1, 0.15) is 0 Å². The van der Waals surface area contributed by atoms with Crippen LogP contribution in [-0.2, 0) is 0 Å². The van der Waals surface area contributed by atoms with Crippen molar-refractivity contribution in [1.29, 1.82) is 0 Å². The molecule has 0 amide bonds. The fourth-order valence-electron chi connectivity index (χ4n) is 2.20. The predicted octanol–water partition coefficient (Wildman–Crippen LogP) is 3.39. The molecule has 0 saturated carbocycles. The minimum absolute atomic E-state index is 0.209. The zero-order chi connectivity index (χ0) is 19.1. The van der Waals surface area contributed by atoms with Crippen molar-refractivity contribution in [2.24, 2.45) is 0 Å². The van der Waals surface area contributed by atoms with Gasteiger partial charge < -0.3 is 0 Å². The first kappa shape index (κ1) is 19.1. The Morgan fingerprint density at radius 3 is 1.27 bits per heavy atom. The van der Waals surface area contributed by atoms with E-state index in [1.54, 1.807) is 24.3 Å². The Morgan fingerprint density at radius 1 is 0.692 bits per heavy atom. The number of ketones is 2. The largest absolute Gasteiger partial charge is 0.289 e. The lowest BCUT2D eigenvalue weighted by atomic mass is 10.0. The molecule has 0 aliphatic carbocycles. The number of hydrogen-bond donors (Lipinski definition) is 2. The summed E-state index contributed by atoms with van der Waals surface area (Å²) in [7, 11) is 2.83. The summed E-state index contributed by atoms with van der Waals surface area (Å²) >= 11 is 0. The Labute approximate surface area is 151 Å². The van der Waals surface area contributed by atoms with E-state index in [0.717, 1.165) is 21.3 Å². The third-order valence-electron chi connectivity index (χ3n) is 3.56. The Hall–Kier alpha value is -3.22. The lowest BCUT2D eigenvalue weighted by Gasteiger charge is -2.05. The van der Waals surface area contributed by atoms with E-state index in [1.165, 1.54) is 38.6 Å². The number of hydrogen-bond acceptors (Lipinski definition) is 6. The Kier molecular flexibility index (Phi) is 6.43. The van der Waals surface area contributed by atoms with Crippen LogP contribution in [0.3, 0.4) is 0 Å². The normalized spacial score (nSPS) is 11.1. The average Bonchev–Trinajstić information content (AvgIpc) is 2.64. The summed E-state index contributed by atoms with van der Waals surface area (Å²) in [6, 6.07) is 14.1. The number of carbonyl (C=O) groups excluding carboxylic acids is 2. The van der Waals surface area contributed by atoms with Gasteiger partial charge in [-0.05, 0) is 11.1 Å². The summed E-state index contributed by atoms with van der Waals surface area (Å²) in [5, 5.41) is 19.6. The molecule has 6 heteroatoms. The average molecular weight is 352 g/mol. The fraction of sp³-hybridized carbons (Fsp3) is 0.100. The van der Waals surface area contributed by atoms with Crippen LogP contribution >= 0.6 is 0 Å². The van der Waals surface area contributed by atoms with Gasteiger partial charge >= 0.3 is 0 Å². The van der Waals surface area contributed by atoms with E-state index in [1.807, 2.05) is 24.3 Å². The van der Waals surface area contributed by atoms with Crippen molar-refractivity contribution in [2.75, 3.05) is 14.1 Å². The van der Waals surface area contributed by atoms with E-state index in [4.69, 9.17) is 10.4 Å². The van der Waals surface area contributed by atoms with Gasteiger partial charge in [0.15, 0.2) is 11.6 Å². The molecule has 134 valence electrons. The standard InChI is InChI=1S/C20H20N2O4/c1-21(25)13-11-19(23)17-7-3-15(4-8-17)16-5-9-18(10-6-16)20(24)12-14-22(2)26/h3-14,25-26H,1-2H3/b13-11+,14-12+. The monoisotopic (exact) mass is 352 g/mol. The SMILES string of the molecule is CN(O)/C=C/C(=O)c1ccc(-c2ccc(C(=O)/C=C/N(C)O)cc2)cc1. The second-order valence-electron chi connectivity index (χ2n) is 5.66.